The normalized spacial score (nSPS) is 13.7. The van der Waals surface area contributed by atoms with Crippen LogP contribution in [0.4, 0.5) is 0 Å². The first-order valence-corrected chi connectivity index (χ1v) is 13.5. The van der Waals surface area contributed by atoms with E-state index in [2.05, 4.69) is 107 Å². The second kappa shape index (κ2) is 11.8. The summed E-state index contributed by atoms with van der Waals surface area (Å²) < 4.78 is 1.51. The van der Waals surface area contributed by atoms with E-state index in [1.807, 2.05) is 0 Å². The van der Waals surface area contributed by atoms with Crippen molar-refractivity contribution < 1.29 is 49.0 Å². The Morgan fingerprint density at radius 1 is 0.829 bits per heavy atom. The second-order valence-electron chi connectivity index (χ2n) is 12.1. The molecule has 4 rings (SSSR count). The molecule has 35 heavy (non-hydrogen) atoms. The molecule has 2 aromatic rings. The Balaban J connectivity index is 0.000000950. The molecule has 0 nitrogen and oxygen atoms in total. The molecular weight excluding hydrogens is 546 g/mol. The molecule has 188 valence electrons. The van der Waals surface area contributed by atoms with Gasteiger partial charge in [-0.05, 0) is 54.2 Å². The summed E-state index contributed by atoms with van der Waals surface area (Å²) in [5, 5.41) is 0. The van der Waals surface area contributed by atoms with Gasteiger partial charge in [0, 0.05) is 0 Å². The van der Waals surface area contributed by atoms with Gasteiger partial charge in [0.2, 0.25) is 0 Å². The summed E-state index contributed by atoms with van der Waals surface area (Å²) in [7, 11) is 0. The fourth-order valence-corrected chi connectivity index (χ4v) is 5.32. The number of benzene rings is 2. The largest absolute Gasteiger partial charge is 1.00 e. The van der Waals surface area contributed by atoms with Gasteiger partial charge < -0.3 is 24.8 Å². The fourth-order valence-electron chi connectivity index (χ4n) is 5.32. The minimum absolute atomic E-state index is 0. The Hall–Kier alpha value is -0.747. The van der Waals surface area contributed by atoms with Crippen molar-refractivity contribution in [1.82, 2.24) is 0 Å². The smallest absolute Gasteiger partial charge is 0.0129 e. The fraction of sp³-hybridized carbons (Fsp3) is 0.469. The summed E-state index contributed by atoms with van der Waals surface area (Å²) in [6.45, 7) is 25.2. The number of hydrogen-bond acceptors (Lipinski definition) is 0. The van der Waals surface area contributed by atoms with E-state index in [0.717, 1.165) is 12.8 Å². The zero-order valence-electron chi connectivity index (χ0n) is 23.5. The Morgan fingerprint density at radius 2 is 1.40 bits per heavy atom. The van der Waals surface area contributed by atoms with Crippen LogP contribution in [0.3, 0.4) is 0 Å². The minimum atomic E-state index is 0. The van der Waals surface area contributed by atoms with Gasteiger partial charge in [0.05, 0.1) is 0 Å². The van der Waals surface area contributed by atoms with E-state index in [0.29, 0.717) is 0 Å². The molecule has 0 bridgehead atoms. The van der Waals surface area contributed by atoms with E-state index in [-0.39, 0.29) is 35.6 Å². The SMILES string of the molecule is C[C](C)=[Zr+2].Cc1c(C(C)(C)C)cc2c(c1C)-c1c([c-]c(C(C)(C)C)c(C3=CC=CC3)c1C)C2.[Cl-].[Cl-]. The monoisotopic (exact) mass is 585 g/mol. The molecule has 0 amide bonds. The van der Waals surface area contributed by atoms with Gasteiger partial charge in [-0.15, -0.1) is 27.8 Å². The molecule has 0 aliphatic heterocycles. The maximum atomic E-state index is 3.93. The molecule has 3 heteroatoms. The third-order valence-corrected chi connectivity index (χ3v) is 6.83. The molecule has 2 aliphatic rings. The van der Waals surface area contributed by atoms with E-state index in [9.17, 15) is 0 Å². The molecule has 0 radical (unpaired) electrons. The molecule has 0 aromatic heterocycles. The molecule has 0 spiro atoms. The van der Waals surface area contributed by atoms with E-state index in [1.165, 1.54) is 64.4 Å². The van der Waals surface area contributed by atoms with Crippen LogP contribution >= 0.6 is 0 Å². The Bertz CT molecular complexity index is 1180. The summed E-state index contributed by atoms with van der Waals surface area (Å²) in [6, 6.07) is 6.42. The van der Waals surface area contributed by atoms with Crippen molar-refractivity contribution >= 4 is 8.78 Å². The van der Waals surface area contributed by atoms with Crippen LogP contribution in [0.15, 0.2) is 24.3 Å². The molecule has 0 unspecified atom stereocenters. The van der Waals surface area contributed by atoms with Crippen molar-refractivity contribution in [2.45, 2.75) is 99.8 Å². The third-order valence-electron chi connectivity index (χ3n) is 6.83. The maximum Gasteiger partial charge on any atom is -0.0129 e. The van der Waals surface area contributed by atoms with E-state index < -0.39 is 0 Å². The maximum absolute atomic E-state index is 3.93. The summed E-state index contributed by atoms with van der Waals surface area (Å²) in [6.07, 6.45) is 8.82. The van der Waals surface area contributed by atoms with Crippen molar-refractivity contribution in [3.8, 4) is 11.1 Å². The molecule has 2 aromatic carbocycles. The first-order chi connectivity index (χ1) is 15.1. The van der Waals surface area contributed by atoms with Crippen LogP contribution in [0.25, 0.3) is 16.7 Å². The van der Waals surface area contributed by atoms with Crippen molar-refractivity contribution in [3.63, 3.8) is 0 Å². The van der Waals surface area contributed by atoms with E-state index >= 15 is 0 Å². The number of halogens is 2. The summed E-state index contributed by atoms with van der Waals surface area (Å²) in [4.78, 5) is 0. The number of fused-ring (bicyclic) bond motifs is 3. The first-order valence-electron chi connectivity index (χ1n) is 12.3. The zero-order chi connectivity index (χ0) is 24.9. The average molecular weight is 588 g/mol. The van der Waals surface area contributed by atoms with Crippen LogP contribution in [0.5, 0.6) is 0 Å². The van der Waals surface area contributed by atoms with Crippen molar-refractivity contribution in [3.05, 3.63) is 74.9 Å². The zero-order valence-corrected chi connectivity index (χ0v) is 27.4. The van der Waals surface area contributed by atoms with Crippen LogP contribution in [0.1, 0.15) is 106 Å². The molecule has 0 N–H and O–H groups in total. The van der Waals surface area contributed by atoms with Gasteiger partial charge in [0.1, 0.15) is 0 Å². The molecule has 0 atom stereocenters. The van der Waals surface area contributed by atoms with Gasteiger partial charge in [0.25, 0.3) is 0 Å². The van der Waals surface area contributed by atoms with Crippen LogP contribution in [0, 0.1) is 26.8 Å². The summed E-state index contributed by atoms with van der Waals surface area (Å²) in [5.41, 5.74) is 16.2. The van der Waals surface area contributed by atoms with E-state index in [1.54, 1.807) is 24.2 Å². The van der Waals surface area contributed by atoms with Gasteiger partial charge in [-0.3, -0.25) is 0 Å². The summed E-state index contributed by atoms with van der Waals surface area (Å²) >= 11 is 1.55. The molecule has 0 heterocycles. The average Bonchev–Trinajstić information content (AvgIpc) is 3.30. The van der Waals surface area contributed by atoms with Crippen molar-refractivity contribution in [2.24, 2.45) is 0 Å². The third kappa shape index (κ3) is 6.58. The van der Waals surface area contributed by atoms with Crippen molar-refractivity contribution in [2.75, 3.05) is 0 Å². The number of allylic oxidation sites excluding steroid dienone is 4. The van der Waals surface area contributed by atoms with Gasteiger partial charge >= 0.3 is 41.3 Å². The van der Waals surface area contributed by atoms with E-state index in [4.69, 9.17) is 0 Å². The topological polar surface area (TPSA) is 0 Å². The van der Waals surface area contributed by atoms with Gasteiger partial charge in [-0.2, -0.15) is 6.07 Å². The Labute approximate surface area is 242 Å². The minimum Gasteiger partial charge on any atom is -1.00 e. The van der Waals surface area contributed by atoms with Gasteiger partial charge in [0.15, 0.2) is 0 Å². The molecule has 0 fully saturated rings. The molecular formula is C32H41Cl2Zr-. The van der Waals surface area contributed by atoms with Gasteiger partial charge in [-0.1, -0.05) is 89.5 Å². The van der Waals surface area contributed by atoms with Crippen LogP contribution in [-0.2, 0) is 41.5 Å². The molecule has 2 aliphatic carbocycles. The number of hydrogen-bond donors (Lipinski definition) is 0. The predicted molar refractivity (Wildman–Crippen MR) is 143 cm³/mol. The van der Waals surface area contributed by atoms with Gasteiger partial charge in [-0.25, -0.2) is 0 Å². The van der Waals surface area contributed by atoms with Crippen molar-refractivity contribution in [1.29, 1.82) is 0 Å². The predicted octanol–water partition coefficient (Wildman–Crippen LogP) is 2.67. The van der Waals surface area contributed by atoms with Crippen LogP contribution in [0.2, 0.25) is 0 Å². The Kier molecular flexibility index (Phi) is 10.8. The number of rotatable bonds is 1. The summed E-state index contributed by atoms with van der Waals surface area (Å²) in [5.74, 6) is 0. The molecule has 0 saturated heterocycles. The van der Waals surface area contributed by atoms with Crippen LogP contribution in [-0.4, -0.2) is 3.21 Å². The second-order valence-corrected chi connectivity index (χ2v) is 14.5. The van der Waals surface area contributed by atoms with Crippen LogP contribution < -0.4 is 24.8 Å². The standard InChI is InChI=1S/C29H35.C3H6.2ClH.Zr/c1-17-18(2)26-21(15-23(17)28(4,5)6)14-22-16-24(29(7,8)9)25(19(3)27(22)26)20-12-10-11-13-20;1-3-2;;;/h10-12,15H,13-14H2,1-9H3;1-2H3;2*1H;/q-1;;;;+2/p-2. The molecule has 0 saturated carbocycles. The Morgan fingerprint density at radius 3 is 1.86 bits per heavy atom. The quantitative estimate of drug-likeness (QED) is 0.385. The first kappa shape index (κ1) is 32.3.